The van der Waals surface area contributed by atoms with Crippen molar-refractivity contribution in [1.29, 1.82) is 0 Å². The summed E-state index contributed by atoms with van der Waals surface area (Å²) in [4.78, 5) is 6.73. The molecule has 5 heteroatoms. The second-order valence-corrected chi connectivity index (χ2v) is 6.05. The van der Waals surface area contributed by atoms with E-state index in [4.69, 9.17) is 0 Å². The Morgan fingerprint density at radius 3 is 2.04 bits per heavy atom. The number of halogens is 1. The summed E-state index contributed by atoms with van der Waals surface area (Å²) >= 11 is 0. The van der Waals surface area contributed by atoms with Crippen molar-refractivity contribution in [3.8, 4) is 0 Å². The summed E-state index contributed by atoms with van der Waals surface area (Å²) in [7, 11) is 1.80. The Morgan fingerprint density at radius 1 is 0.846 bits per heavy atom. The summed E-state index contributed by atoms with van der Waals surface area (Å²) in [5, 5.41) is 6.74. The zero-order valence-corrected chi connectivity index (χ0v) is 18.4. The van der Waals surface area contributed by atoms with Crippen LogP contribution in [0.5, 0.6) is 0 Å². The SMILES string of the molecule is CCN(CC)Cc1cccc(CNC(=NC)NCc2ccccc2)c1.I. The monoisotopic (exact) mass is 466 g/mol. The molecule has 26 heavy (non-hydrogen) atoms. The van der Waals surface area contributed by atoms with Gasteiger partial charge in [-0.2, -0.15) is 0 Å². The minimum atomic E-state index is 0. The molecule has 0 aliphatic carbocycles. The molecule has 0 saturated heterocycles. The van der Waals surface area contributed by atoms with Gasteiger partial charge >= 0.3 is 0 Å². The lowest BCUT2D eigenvalue weighted by Crippen LogP contribution is -2.36. The van der Waals surface area contributed by atoms with Crippen LogP contribution in [-0.4, -0.2) is 31.0 Å². The van der Waals surface area contributed by atoms with Gasteiger partial charge in [-0.15, -0.1) is 24.0 Å². The van der Waals surface area contributed by atoms with E-state index < -0.39 is 0 Å². The predicted octanol–water partition coefficient (Wildman–Crippen LogP) is 4.01. The first-order valence-corrected chi connectivity index (χ1v) is 9.03. The third-order valence-corrected chi connectivity index (χ3v) is 4.28. The van der Waals surface area contributed by atoms with Crippen LogP contribution in [0.3, 0.4) is 0 Å². The van der Waals surface area contributed by atoms with E-state index in [-0.39, 0.29) is 24.0 Å². The molecule has 0 spiro atoms. The lowest BCUT2D eigenvalue weighted by Gasteiger charge is -2.18. The molecule has 2 rings (SSSR count). The maximum absolute atomic E-state index is 4.30. The van der Waals surface area contributed by atoms with Crippen molar-refractivity contribution in [2.45, 2.75) is 33.5 Å². The molecule has 0 aromatic heterocycles. The molecular weight excluding hydrogens is 435 g/mol. The first kappa shape index (κ1) is 22.4. The third kappa shape index (κ3) is 7.74. The number of hydrogen-bond acceptors (Lipinski definition) is 2. The van der Waals surface area contributed by atoms with Crippen LogP contribution in [0, 0.1) is 0 Å². The van der Waals surface area contributed by atoms with Gasteiger partial charge in [0.2, 0.25) is 0 Å². The van der Waals surface area contributed by atoms with E-state index in [1.54, 1.807) is 7.05 Å². The number of benzene rings is 2. The van der Waals surface area contributed by atoms with Gasteiger partial charge in [0, 0.05) is 26.7 Å². The van der Waals surface area contributed by atoms with E-state index in [2.05, 4.69) is 82.9 Å². The number of hydrogen-bond donors (Lipinski definition) is 2. The highest BCUT2D eigenvalue weighted by molar-refractivity contribution is 14.0. The first-order chi connectivity index (χ1) is 12.2. The molecule has 0 aliphatic heterocycles. The van der Waals surface area contributed by atoms with Crippen LogP contribution in [0.2, 0.25) is 0 Å². The van der Waals surface area contributed by atoms with E-state index in [0.29, 0.717) is 0 Å². The Hall–Kier alpha value is -1.60. The van der Waals surface area contributed by atoms with Crippen molar-refractivity contribution in [3.63, 3.8) is 0 Å². The fourth-order valence-corrected chi connectivity index (χ4v) is 2.73. The third-order valence-electron chi connectivity index (χ3n) is 4.28. The van der Waals surface area contributed by atoms with Gasteiger partial charge in [0.15, 0.2) is 5.96 Å². The topological polar surface area (TPSA) is 39.7 Å². The molecule has 4 nitrogen and oxygen atoms in total. The minimum absolute atomic E-state index is 0. The van der Waals surface area contributed by atoms with Crippen molar-refractivity contribution in [1.82, 2.24) is 15.5 Å². The number of rotatable bonds is 8. The van der Waals surface area contributed by atoms with Gasteiger partial charge in [-0.1, -0.05) is 68.4 Å². The minimum Gasteiger partial charge on any atom is -0.352 e. The molecule has 2 aromatic rings. The molecule has 2 aromatic carbocycles. The lowest BCUT2D eigenvalue weighted by atomic mass is 10.1. The average Bonchev–Trinajstić information content (AvgIpc) is 2.67. The molecule has 0 saturated carbocycles. The molecule has 0 aliphatic rings. The maximum atomic E-state index is 4.30. The van der Waals surface area contributed by atoms with E-state index in [0.717, 1.165) is 38.7 Å². The molecule has 0 heterocycles. The highest BCUT2D eigenvalue weighted by atomic mass is 127. The second-order valence-electron chi connectivity index (χ2n) is 6.05. The number of nitrogens with zero attached hydrogens (tertiary/aromatic N) is 2. The molecule has 0 radical (unpaired) electrons. The van der Waals surface area contributed by atoms with Gasteiger partial charge in [0.1, 0.15) is 0 Å². The molecule has 0 atom stereocenters. The molecule has 142 valence electrons. The molecule has 0 bridgehead atoms. The van der Waals surface area contributed by atoms with Crippen LogP contribution in [-0.2, 0) is 19.6 Å². The van der Waals surface area contributed by atoms with Crippen LogP contribution in [0.25, 0.3) is 0 Å². The Balaban J connectivity index is 0.00000338. The number of aliphatic imine (C=N–C) groups is 1. The highest BCUT2D eigenvalue weighted by Gasteiger charge is 2.03. The van der Waals surface area contributed by atoms with Crippen LogP contribution >= 0.6 is 24.0 Å². The van der Waals surface area contributed by atoms with Gasteiger partial charge in [-0.05, 0) is 29.8 Å². The van der Waals surface area contributed by atoms with E-state index in [1.165, 1.54) is 16.7 Å². The molecule has 0 fully saturated rings. The largest absolute Gasteiger partial charge is 0.352 e. The van der Waals surface area contributed by atoms with Crippen LogP contribution < -0.4 is 10.6 Å². The van der Waals surface area contributed by atoms with Crippen molar-refractivity contribution >= 4 is 29.9 Å². The van der Waals surface area contributed by atoms with E-state index >= 15 is 0 Å². The fourth-order valence-electron chi connectivity index (χ4n) is 2.73. The van der Waals surface area contributed by atoms with Gasteiger partial charge in [-0.3, -0.25) is 9.89 Å². The molecular formula is C21H31IN4. The predicted molar refractivity (Wildman–Crippen MR) is 122 cm³/mol. The Labute approximate surface area is 175 Å². The average molecular weight is 466 g/mol. The molecule has 0 amide bonds. The number of guanidine groups is 1. The number of nitrogens with one attached hydrogen (secondary N) is 2. The molecule has 0 unspecified atom stereocenters. The van der Waals surface area contributed by atoms with Crippen molar-refractivity contribution < 1.29 is 0 Å². The maximum Gasteiger partial charge on any atom is 0.191 e. The van der Waals surface area contributed by atoms with Gasteiger partial charge in [0.05, 0.1) is 0 Å². The summed E-state index contributed by atoms with van der Waals surface area (Å²) in [6.07, 6.45) is 0. The van der Waals surface area contributed by atoms with Crippen molar-refractivity contribution in [2.24, 2.45) is 4.99 Å². The summed E-state index contributed by atoms with van der Waals surface area (Å²) < 4.78 is 0. The highest BCUT2D eigenvalue weighted by Crippen LogP contribution is 2.08. The second kappa shape index (κ2) is 12.7. The summed E-state index contributed by atoms with van der Waals surface area (Å²) in [6, 6.07) is 19.1. The van der Waals surface area contributed by atoms with E-state index in [1.807, 2.05) is 6.07 Å². The van der Waals surface area contributed by atoms with Crippen LogP contribution in [0.4, 0.5) is 0 Å². The standard InChI is InChI=1S/C21H30N4.HI/c1-4-25(5-2)17-20-13-9-12-19(14-20)16-24-21(22-3)23-15-18-10-7-6-8-11-18;/h6-14H,4-5,15-17H2,1-3H3,(H2,22,23,24);1H. The lowest BCUT2D eigenvalue weighted by molar-refractivity contribution is 0.296. The van der Waals surface area contributed by atoms with Crippen molar-refractivity contribution in [3.05, 3.63) is 71.3 Å². The Bertz CT molecular complexity index is 654. The van der Waals surface area contributed by atoms with Gasteiger partial charge in [-0.25, -0.2) is 0 Å². The van der Waals surface area contributed by atoms with Gasteiger partial charge < -0.3 is 10.6 Å². The zero-order valence-electron chi connectivity index (χ0n) is 16.0. The first-order valence-electron chi connectivity index (χ1n) is 9.03. The Morgan fingerprint density at radius 2 is 1.42 bits per heavy atom. The summed E-state index contributed by atoms with van der Waals surface area (Å²) in [5.74, 6) is 0.818. The zero-order chi connectivity index (χ0) is 17.9. The Kier molecular flexibility index (Phi) is 11.0. The van der Waals surface area contributed by atoms with Crippen LogP contribution in [0.15, 0.2) is 59.6 Å². The smallest absolute Gasteiger partial charge is 0.191 e. The van der Waals surface area contributed by atoms with Crippen molar-refractivity contribution in [2.75, 3.05) is 20.1 Å². The quantitative estimate of drug-likeness (QED) is 0.351. The fraction of sp³-hybridized carbons (Fsp3) is 0.381. The normalized spacial score (nSPS) is 11.2. The summed E-state index contributed by atoms with van der Waals surface area (Å²) in [5.41, 5.74) is 3.87. The van der Waals surface area contributed by atoms with Gasteiger partial charge in [0.25, 0.3) is 0 Å². The van der Waals surface area contributed by atoms with Crippen LogP contribution in [0.1, 0.15) is 30.5 Å². The van der Waals surface area contributed by atoms with E-state index in [9.17, 15) is 0 Å². The summed E-state index contributed by atoms with van der Waals surface area (Å²) in [6.45, 7) is 9.10. The molecule has 2 N–H and O–H groups in total.